The van der Waals surface area contributed by atoms with Crippen LogP contribution in [0.1, 0.15) is 36.5 Å². The van der Waals surface area contributed by atoms with Crippen molar-refractivity contribution in [1.29, 1.82) is 0 Å². The van der Waals surface area contributed by atoms with Crippen molar-refractivity contribution >= 4 is 43.9 Å². The Bertz CT molecular complexity index is 1500. The van der Waals surface area contributed by atoms with Gasteiger partial charge in [-0.15, -0.1) is 0 Å². The molecular weight excluding hydrogens is 528 g/mol. The standard InChI is InChI=1S/C26H26N4O8S/c1-2-6-18(28-26(34)38-22-13-16-7-3-4-9-21(16)37-22)24(32)29-12-10-19-23(29)20(31)15-30(19)39(35,36)25(33)17-8-5-11-27-14-17/h3-5,7-9,11,13-14,18-19,23H,2,6,10,12,15H2,1H3,(H,28,34). The number of nitrogens with zero attached hydrogens (tertiary/aromatic N) is 3. The SMILES string of the molecule is CCCC(NC(=O)Oc1cc2ccccc2o1)C(=O)N1CCC2C1C(=O)CN2S(=O)(=O)C(=O)c1cccnc1. The molecule has 2 aliphatic heterocycles. The summed E-state index contributed by atoms with van der Waals surface area (Å²) in [7, 11) is -4.53. The van der Waals surface area contributed by atoms with Gasteiger partial charge in [0.2, 0.25) is 5.91 Å². The molecule has 13 heteroatoms. The van der Waals surface area contributed by atoms with Crippen molar-refractivity contribution in [2.45, 2.75) is 44.3 Å². The van der Waals surface area contributed by atoms with Gasteiger partial charge in [-0.1, -0.05) is 31.5 Å². The second-order valence-electron chi connectivity index (χ2n) is 9.36. The number of amides is 2. The molecule has 1 N–H and O–H groups in total. The van der Waals surface area contributed by atoms with Gasteiger partial charge in [0.1, 0.15) is 17.7 Å². The van der Waals surface area contributed by atoms with Crippen molar-refractivity contribution in [3.63, 3.8) is 0 Å². The molecule has 3 atom stereocenters. The molecule has 2 aliphatic rings. The number of Topliss-reactive ketones (excluding diaryl/α,β-unsaturated/α-hetero) is 1. The lowest BCUT2D eigenvalue weighted by molar-refractivity contribution is -0.138. The first kappa shape index (κ1) is 26.5. The summed E-state index contributed by atoms with van der Waals surface area (Å²) in [6, 6.07) is 8.49. The predicted octanol–water partition coefficient (Wildman–Crippen LogP) is 2.11. The largest absolute Gasteiger partial charge is 0.425 e. The van der Waals surface area contributed by atoms with Gasteiger partial charge < -0.3 is 19.4 Å². The highest BCUT2D eigenvalue weighted by Gasteiger charge is 2.55. The van der Waals surface area contributed by atoms with Crippen molar-refractivity contribution in [3.05, 3.63) is 60.4 Å². The van der Waals surface area contributed by atoms with Crippen molar-refractivity contribution < 1.29 is 36.7 Å². The van der Waals surface area contributed by atoms with Crippen LogP contribution in [0.3, 0.4) is 0 Å². The van der Waals surface area contributed by atoms with Crippen molar-refractivity contribution in [2.75, 3.05) is 13.1 Å². The van der Waals surface area contributed by atoms with Gasteiger partial charge in [0, 0.05) is 30.4 Å². The Kier molecular flexibility index (Phi) is 7.19. The molecule has 3 aromatic rings. The highest BCUT2D eigenvalue weighted by molar-refractivity contribution is 8.04. The summed E-state index contributed by atoms with van der Waals surface area (Å²) in [5.74, 6) is -1.06. The van der Waals surface area contributed by atoms with Crippen molar-refractivity contribution in [2.24, 2.45) is 0 Å². The van der Waals surface area contributed by atoms with Gasteiger partial charge >= 0.3 is 6.09 Å². The Labute approximate surface area is 224 Å². The molecule has 1 aromatic carbocycles. The number of fused-ring (bicyclic) bond motifs is 2. The summed E-state index contributed by atoms with van der Waals surface area (Å²) in [5, 5.41) is 2.13. The van der Waals surface area contributed by atoms with Crippen LogP contribution in [0.25, 0.3) is 11.0 Å². The third-order valence-electron chi connectivity index (χ3n) is 6.86. The van der Waals surface area contributed by atoms with Crippen LogP contribution >= 0.6 is 0 Å². The number of nitrogens with one attached hydrogen (secondary N) is 1. The third-order valence-corrected chi connectivity index (χ3v) is 8.59. The fourth-order valence-corrected chi connectivity index (χ4v) is 6.60. The molecule has 204 valence electrons. The minimum Gasteiger partial charge on any atom is -0.425 e. The predicted molar refractivity (Wildman–Crippen MR) is 137 cm³/mol. The van der Waals surface area contributed by atoms with E-state index in [4.69, 9.17) is 9.15 Å². The zero-order chi connectivity index (χ0) is 27.7. The maximum Gasteiger partial charge on any atom is 0.415 e. The van der Waals surface area contributed by atoms with E-state index in [-0.39, 0.29) is 30.9 Å². The Morgan fingerprint density at radius 1 is 1.21 bits per heavy atom. The van der Waals surface area contributed by atoms with Gasteiger partial charge in [-0.3, -0.25) is 19.4 Å². The van der Waals surface area contributed by atoms with Gasteiger partial charge in [0.25, 0.3) is 21.1 Å². The van der Waals surface area contributed by atoms with E-state index < -0.39 is 57.6 Å². The summed E-state index contributed by atoms with van der Waals surface area (Å²) in [5.41, 5.74) is 0.417. The molecule has 5 rings (SSSR count). The number of carbonyl (C=O) groups is 4. The summed E-state index contributed by atoms with van der Waals surface area (Å²) >= 11 is 0. The highest BCUT2D eigenvalue weighted by Crippen LogP contribution is 2.33. The lowest BCUT2D eigenvalue weighted by atomic mass is 10.1. The van der Waals surface area contributed by atoms with Crippen LogP contribution in [0.15, 0.2) is 59.3 Å². The number of pyridine rings is 1. The number of rotatable bonds is 7. The highest BCUT2D eigenvalue weighted by atomic mass is 32.2. The number of benzene rings is 1. The number of ketones is 1. The average Bonchev–Trinajstić information content (AvgIpc) is 3.63. The van der Waals surface area contributed by atoms with Crippen LogP contribution in [0, 0.1) is 0 Å². The van der Waals surface area contributed by atoms with E-state index in [0.29, 0.717) is 12.0 Å². The van der Waals surface area contributed by atoms with Crippen LogP contribution in [0.5, 0.6) is 5.95 Å². The van der Waals surface area contributed by atoms with Gasteiger partial charge in [0.05, 0.1) is 18.2 Å². The van der Waals surface area contributed by atoms with E-state index >= 15 is 0 Å². The number of para-hydroxylation sites is 1. The summed E-state index contributed by atoms with van der Waals surface area (Å²) in [6.45, 7) is 1.40. The topological polar surface area (TPSA) is 156 Å². The van der Waals surface area contributed by atoms with Crippen molar-refractivity contribution in [3.8, 4) is 5.95 Å². The number of likely N-dealkylation sites (tertiary alicyclic amines) is 1. The number of hydrogen-bond donors (Lipinski definition) is 1. The molecule has 2 fully saturated rings. The number of sulfonamides is 1. The Hall–Kier alpha value is -4.10. The number of carbonyl (C=O) groups excluding carboxylic acids is 4. The number of aromatic nitrogens is 1. The maximum atomic E-state index is 13.5. The van der Waals surface area contributed by atoms with E-state index in [1.807, 2.05) is 13.0 Å². The molecule has 0 spiro atoms. The third kappa shape index (κ3) is 5.02. The smallest absolute Gasteiger partial charge is 0.415 e. The minimum absolute atomic E-state index is 0.0391. The molecule has 4 heterocycles. The van der Waals surface area contributed by atoms with Gasteiger partial charge in [-0.05, 0) is 31.0 Å². The molecule has 39 heavy (non-hydrogen) atoms. The first-order valence-electron chi connectivity index (χ1n) is 12.5. The molecule has 2 saturated heterocycles. The zero-order valence-electron chi connectivity index (χ0n) is 21.0. The summed E-state index contributed by atoms with van der Waals surface area (Å²) in [4.78, 5) is 56.9. The molecule has 2 aromatic heterocycles. The number of furan rings is 1. The fraction of sp³-hybridized carbons (Fsp3) is 0.346. The lowest BCUT2D eigenvalue weighted by Crippen LogP contribution is -2.53. The van der Waals surface area contributed by atoms with Crippen LogP contribution in [-0.2, 0) is 19.6 Å². The minimum atomic E-state index is -4.53. The van der Waals surface area contributed by atoms with E-state index in [0.717, 1.165) is 15.9 Å². The lowest BCUT2D eigenvalue weighted by Gasteiger charge is -2.27. The quantitative estimate of drug-likeness (QED) is 0.462. The van der Waals surface area contributed by atoms with E-state index in [1.165, 1.54) is 23.2 Å². The first-order valence-corrected chi connectivity index (χ1v) is 13.9. The zero-order valence-corrected chi connectivity index (χ0v) is 21.8. The van der Waals surface area contributed by atoms with Gasteiger partial charge in [-0.2, -0.15) is 4.31 Å². The molecule has 12 nitrogen and oxygen atoms in total. The van der Waals surface area contributed by atoms with Crippen LogP contribution in [0.2, 0.25) is 0 Å². The second kappa shape index (κ2) is 10.6. The summed E-state index contributed by atoms with van der Waals surface area (Å²) in [6.07, 6.45) is 2.62. The molecule has 2 amide bonds. The Morgan fingerprint density at radius 3 is 2.72 bits per heavy atom. The normalized spacial score (nSPS) is 20.1. The van der Waals surface area contributed by atoms with Crippen LogP contribution in [0.4, 0.5) is 4.79 Å². The monoisotopic (exact) mass is 554 g/mol. The van der Waals surface area contributed by atoms with E-state index in [2.05, 4.69) is 10.3 Å². The van der Waals surface area contributed by atoms with E-state index in [1.54, 1.807) is 24.3 Å². The summed E-state index contributed by atoms with van der Waals surface area (Å²) < 4.78 is 37.9. The molecule has 0 radical (unpaired) electrons. The average molecular weight is 555 g/mol. The molecule has 0 bridgehead atoms. The molecular formula is C26H26N4O8S. The van der Waals surface area contributed by atoms with Crippen LogP contribution < -0.4 is 10.1 Å². The Morgan fingerprint density at radius 2 is 2.00 bits per heavy atom. The molecule has 3 unspecified atom stereocenters. The second-order valence-corrected chi connectivity index (χ2v) is 11.1. The van der Waals surface area contributed by atoms with Gasteiger partial charge in [-0.25, -0.2) is 13.2 Å². The van der Waals surface area contributed by atoms with E-state index in [9.17, 15) is 27.6 Å². The van der Waals surface area contributed by atoms with Crippen molar-refractivity contribution in [1.82, 2.24) is 19.5 Å². The van der Waals surface area contributed by atoms with Crippen LogP contribution in [-0.4, -0.2) is 76.7 Å². The van der Waals surface area contributed by atoms with Gasteiger partial charge in [0.15, 0.2) is 5.78 Å². The number of hydrogen-bond acceptors (Lipinski definition) is 9. The molecule has 0 saturated carbocycles. The Balaban J connectivity index is 1.29. The fourth-order valence-electron chi connectivity index (χ4n) is 5.10. The number of ether oxygens (including phenoxy) is 1. The molecule has 0 aliphatic carbocycles. The first-order chi connectivity index (χ1) is 18.7. The maximum absolute atomic E-state index is 13.5.